The van der Waals surface area contributed by atoms with Crippen molar-refractivity contribution in [3.63, 3.8) is 0 Å². The molecule has 0 aliphatic rings. The van der Waals surface area contributed by atoms with Gasteiger partial charge in [0.05, 0.1) is 11.9 Å². The molecule has 2 rings (SSSR count). The van der Waals surface area contributed by atoms with Gasteiger partial charge in [-0.15, -0.1) is 0 Å². The van der Waals surface area contributed by atoms with E-state index in [0.717, 1.165) is 35.6 Å². The summed E-state index contributed by atoms with van der Waals surface area (Å²) in [5, 5.41) is 3.39. The summed E-state index contributed by atoms with van der Waals surface area (Å²) in [6.07, 6.45) is 1.90. The predicted octanol–water partition coefficient (Wildman–Crippen LogP) is 4.30. The number of aromatic nitrogens is 1. The third kappa shape index (κ3) is 3.97. The van der Waals surface area contributed by atoms with Crippen LogP contribution in [0.4, 0.5) is 11.5 Å². The van der Waals surface area contributed by atoms with Crippen molar-refractivity contribution < 1.29 is 0 Å². The predicted molar refractivity (Wildman–Crippen MR) is 89.3 cm³/mol. The number of halogens is 1. The van der Waals surface area contributed by atoms with Crippen LogP contribution in [0.5, 0.6) is 0 Å². The van der Waals surface area contributed by atoms with E-state index in [4.69, 9.17) is 0 Å². The molecule has 0 bridgehead atoms. The summed E-state index contributed by atoms with van der Waals surface area (Å²) in [7, 11) is 0. The third-order valence-electron chi connectivity index (χ3n) is 3.25. The fourth-order valence-corrected chi connectivity index (χ4v) is 2.30. The highest BCUT2D eigenvalue weighted by Gasteiger charge is 2.02. The Hall–Kier alpha value is -1.55. The number of nitrogens with zero attached hydrogens (tertiary/aromatic N) is 2. The lowest BCUT2D eigenvalue weighted by Gasteiger charge is -2.19. The second-order valence-electron chi connectivity index (χ2n) is 4.56. The summed E-state index contributed by atoms with van der Waals surface area (Å²) in [4.78, 5) is 6.74. The largest absolute Gasteiger partial charge is 0.380 e. The third-order valence-corrected chi connectivity index (χ3v) is 3.77. The molecule has 1 aromatic carbocycles. The zero-order valence-corrected chi connectivity index (χ0v) is 13.5. The van der Waals surface area contributed by atoms with Gasteiger partial charge in [-0.25, -0.2) is 4.98 Å². The van der Waals surface area contributed by atoms with E-state index in [1.54, 1.807) is 0 Å². The lowest BCUT2D eigenvalue weighted by Crippen LogP contribution is -2.22. The fourth-order valence-electron chi connectivity index (χ4n) is 2.03. The van der Waals surface area contributed by atoms with E-state index in [1.807, 2.05) is 6.20 Å². The molecule has 0 atom stereocenters. The van der Waals surface area contributed by atoms with Crippen molar-refractivity contribution in [3.05, 3.63) is 52.6 Å². The number of hydrogen-bond acceptors (Lipinski definition) is 3. The van der Waals surface area contributed by atoms with Crippen LogP contribution in [-0.4, -0.2) is 18.1 Å². The summed E-state index contributed by atoms with van der Waals surface area (Å²) in [5.74, 6) is 1.03. The van der Waals surface area contributed by atoms with Crippen molar-refractivity contribution in [1.82, 2.24) is 4.98 Å². The Kier molecular flexibility index (Phi) is 5.41. The van der Waals surface area contributed by atoms with Crippen LogP contribution in [0.3, 0.4) is 0 Å². The topological polar surface area (TPSA) is 28.2 Å². The maximum Gasteiger partial charge on any atom is 0.128 e. The first-order valence-corrected chi connectivity index (χ1v) is 7.71. The molecular formula is C16H20BrN3. The molecule has 4 heteroatoms. The second kappa shape index (κ2) is 7.29. The molecular weight excluding hydrogens is 314 g/mol. The highest BCUT2D eigenvalue weighted by molar-refractivity contribution is 9.10. The number of hydrogen-bond donors (Lipinski definition) is 1. The van der Waals surface area contributed by atoms with Crippen molar-refractivity contribution in [2.75, 3.05) is 23.3 Å². The van der Waals surface area contributed by atoms with Crippen molar-refractivity contribution in [3.8, 4) is 0 Å². The minimum atomic E-state index is 0.805. The number of benzene rings is 1. The molecule has 2 aromatic rings. The Bertz CT molecular complexity index is 518. The van der Waals surface area contributed by atoms with Gasteiger partial charge < -0.3 is 10.2 Å². The van der Waals surface area contributed by atoms with Gasteiger partial charge in [-0.3, -0.25) is 0 Å². The number of nitrogens with one attached hydrogen (secondary N) is 1. The lowest BCUT2D eigenvalue weighted by atomic mass is 10.2. The molecule has 106 valence electrons. The average molecular weight is 334 g/mol. The van der Waals surface area contributed by atoms with E-state index in [1.165, 1.54) is 5.56 Å². The van der Waals surface area contributed by atoms with Crippen molar-refractivity contribution in [1.29, 1.82) is 0 Å². The summed E-state index contributed by atoms with van der Waals surface area (Å²) < 4.78 is 1.10. The summed E-state index contributed by atoms with van der Waals surface area (Å²) in [5.41, 5.74) is 2.30. The maximum atomic E-state index is 4.50. The van der Waals surface area contributed by atoms with Gasteiger partial charge in [-0.1, -0.05) is 28.1 Å². The molecule has 0 aliphatic heterocycles. The quantitative estimate of drug-likeness (QED) is 0.854. The van der Waals surface area contributed by atoms with Gasteiger partial charge in [0.2, 0.25) is 0 Å². The van der Waals surface area contributed by atoms with Gasteiger partial charge in [0.25, 0.3) is 0 Å². The van der Waals surface area contributed by atoms with Gasteiger partial charge in [-0.2, -0.15) is 0 Å². The Morgan fingerprint density at radius 2 is 1.75 bits per heavy atom. The first-order valence-electron chi connectivity index (χ1n) is 6.92. The smallest absolute Gasteiger partial charge is 0.128 e. The van der Waals surface area contributed by atoms with Crippen LogP contribution in [0.1, 0.15) is 19.4 Å². The molecule has 1 aromatic heterocycles. The van der Waals surface area contributed by atoms with Crippen LogP contribution in [0, 0.1) is 0 Å². The summed E-state index contributed by atoms with van der Waals surface area (Å²) >= 11 is 3.44. The molecule has 0 aliphatic carbocycles. The number of rotatable bonds is 6. The standard InChI is InChI=1S/C16H20BrN3/c1-3-20(4-2)16-10-9-15(12-19-16)18-11-13-5-7-14(17)8-6-13/h5-10,12,18H,3-4,11H2,1-2H3. The lowest BCUT2D eigenvalue weighted by molar-refractivity contribution is 0.846. The van der Waals surface area contributed by atoms with Crippen LogP contribution in [0.15, 0.2) is 47.1 Å². The van der Waals surface area contributed by atoms with Gasteiger partial charge in [0, 0.05) is 24.1 Å². The monoisotopic (exact) mass is 333 g/mol. The first kappa shape index (κ1) is 14.9. The van der Waals surface area contributed by atoms with Gasteiger partial charge in [0.15, 0.2) is 0 Å². The van der Waals surface area contributed by atoms with Crippen LogP contribution in [0.25, 0.3) is 0 Å². The van der Waals surface area contributed by atoms with Gasteiger partial charge in [-0.05, 0) is 43.7 Å². The Balaban J connectivity index is 1.95. The van der Waals surface area contributed by atoms with Crippen LogP contribution >= 0.6 is 15.9 Å². The van der Waals surface area contributed by atoms with Gasteiger partial charge >= 0.3 is 0 Å². The minimum absolute atomic E-state index is 0.805. The van der Waals surface area contributed by atoms with Crippen molar-refractivity contribution >= 4 is 27.4 Å². The minimum Gasteiger partial charge on any atom is -0.380 e. The van der Waals surface area contributed by atoms with Gasteiger partial charge in [0.1, 0.15) is 5.82 Å². The van der Waals surface area contributed by atoms with Crippen molar-refractivity contribution in [2.45, 2.75) is 20.4 Å². The highest BCUT2D eigenvalue weighted by atomic mass is 79.9. The molecule has 0 radical (unpaired) electrons. The van der Waals surface area contributed by atoms with E-state index in [2.05, 4.69) is 81.4 Å². The summed E-state index contributed by atoms with van der Waals surface area (Å²) in [6, 6.07) is 12.5. The highest BCUT2D eigenvalue weighted by Crippen LogP contribution is 2.15. The van der Waals surface area contributed by atoms with E-state index in [9.17, 15) is 0 Å². The first-order chi connectivity index (χ1) is 9.72. The molecule has 0 amide bonds. The van der Waals surface area contributed by atoms with E-state index in [0.29, 0.717) is 0 Å². The Morgan fingerprint density at radius 1 is 1.05 bits per heavy atom. The molecule has 0 spiro atoms. The molecule has 0 fully saturated rings. The Labute approximate surface area is 129 Å². The van der Waals surface area contributed by atoms with Crippen LogP contribution < -0.4 is 10.2 Å². The zero-order valence-electron chi connectivity index (χ0n) is 11.9. The van der Waals surface area contributed by atoms with Crippen LogP contribution in [-0.2, 0) is 6.54 Å². The van der Waals surface area contributed by atoms with E-state index in [-0.39, 0.29) is 0 Å². The molecule has 1 heterocycles. The normalized spacial score (nSPS) is 10.3. The van der Waals surface area contributed by atoms with Crippen molar-refractivity contribution in [2.24, 2.45) is 0 Å². The molecule has 0 unspecified atom stereocenters. The van der Waals surface area contributed by atoms with Crippen LogP contribution in [0.2, 0.25) is 0 Å². The number of anilines is 2. The SMILES string of the molecule is CCN(CC)c1ccc(NCc2ccc(Br)cc2)cn1. The summed E-state index contributed by atoms with van der Waals surface area (Å²) in [6.45, 7) is 7.06. The Morgan fingerprint density at radius 3 is 2.30 bits per heavy atom. The van der Waals surface area contributed by atoms with E-state index < -0.39 is 0 Å². The average Bonchev–Trinajstić information content (AvgIpc) is 2.49. The molecule has 0 saturated heterocycles. The molecule has 1 N–H and O–H groups in total. The molecule has 0 saturated carbocycles. The van der Waals surface area contributed by atoms with E-state index >= 15 is 0 Å². The zero-order chi connectivity index (χ0) is 14.4. The fraction of sp³-hybridized carbons (Fsp3) is 0.312. The second-order valence-corrected chi connectivity index (χ2v) is 5.47. The molecule has 3 nitrogen and oxygen atoms in total. The number of pyridine rings is 1. The maximum absolute atomic E-state index is 4.50. The molecule has 20 heavy (non-hydrogen) atoms.